The first-order valence-electron chi connectivity index (χ1n) is 6.57. The number of hydrogen-bond donors (Lipinski definition) is 2. The molecule has 0 radical (unpaired) electrons. The monoisotopic (exact) mass is 281 g/mol. The minimum Gasteiger partial charge on any atom is -0.480 e. The van der Waals surface area contributed by atoms with E-state index in [0.29, 0.717) is 5.75 Å². The van der Waals surface area contributed by atoms with Gasteiger partial charge in [-0.15, -0.1) is 11.8 Å². The maximum absolute atomic E-state index is 11.4. The first-order valence-corrected chi connectivity index (χ1v) is 7.56. The summed E-state index contributed by atoms with van der Waals surface area (Å²) in [6.07, 6.45) is 0.928. The molecule has 106 valence electrons. The number of carboxylic acid groups (broad SMARTS) is 1. The fourth-order valence-corrected chi connectivity index (χ4v) is 2.73. The summed E-state index contributed by atoms with van der Waals surface area (Å²) in [6, 6.07) is 6.24. The zero-order chi connectivity index (χ0) is 14.5. The number of benzene rings is 1. The summed E-state index contributed by atoms with van der Waals surface area (Å²) in [6.45, 7) is 8.65. The third-order valence-electron chi connectivity index (χ3n) is 3.24. The van der Waals surface area contributed by atoms with Crippen LogP contribution in [0, 0.1) is 13.8 Å². The summed E-state index contributed by atoms with van der Waals surface area (Å²) < 4.78 is 0. The highest BCUT2D eigenvalue weighted by atomic mass is 32.2. The third-order valence-corrected chi connectivity index (χ3v) is 4.55. The molecule has 0 aliphatic rings. The van der Waals surface area contributed by atoms with E-state index in [-0.39, 0.29) is 0 Å². The second-order valence-electron chi connectivity index (χ2n) is 5.10. The summed E-state index contributed by atoms with van der Waals surface area (Å²) >= 11 is 1.59. The normalized spacial score (nSPS) is 14.1. The second-order valence-corrected chi connectivity index (χ2v) is 6.15. The minimum atomic E-state index is -0.876. The first-order chi connectivity index (χ1) is 8.89. The number of carbonyl (C=O) groups is 1. The summed E-state index contributed by atoms with van der Waals surface area (Å²) in [5.41, 5.74) is 1.62. The van der Waals surface area contributed by atoms with Crippen molar-refractivity contribution in [3.63, 3.8) is 0 Å². The van der Waals surface area contributed by atoms with Crippen LogP contribution in [0.1, 0.15) is 31.4 Å². The highest BCUT2D eigenvalue weighted by Crippen LogP contribution is 2.25. The third kappa shape index (κ3) is 4.55. The van der Waals surface area contributed by atoms with Crippen molar-refractivity contribution in [1.29, 1.82) is 0 Å². The van der Waals surface area contributed by atoms with Crippen molar-refractivity contribution in [2.75, 3.05) is 12.3 Å². The number of rotatable bonds is 7. The van der Waals surface area contributed by atoms with Crippen LogP contribution in [-0.2, 0) is 4.79 Å². The van der Waals surface area contributed by atoms with E-state index in [2.05, 4.69) is 37.4 Å². The van der Waals surface area contributed by atoms with E-state index >= 15 is 0 Å². The van der Waals surface area contributed by atoms with E-state index in [4.69, 9.17) is 0 Å². The molecule has 0 heterocycles. The van der Waals surface area contributed by atoms with Crippen LogP contribution in [-0.4, -0.2) is 28.9 Å². The predicted octanol–water partition coefficient (Wildman–Crippen LogP) is 3.24. The number of hydrogen-bond acceptors (Lipinski definition) is 3. The molecule has 19 heavy (non-hydrogen) atoms. The molecule has 4 heteroatoms. The Kier molecular flexibility index (Phi) is 5.88. The van der Waals surface area contributed by atoms with Crippen LogP contribution in [0.15, 0.2) is 23.1 Å². The molecular formula is C15H23NO2S. The maximum atomic E-state index is 11.4. The lowest BCUT2D eigenvalue weighted by Gasteiger charge is -2.25. The van der Waals surface area contributed by atoms with Gasteiger partial charge in [-0.25, -0.2) is 0 Å². The Bertz CT molecular complexity index is 448. The van der Waals surface area contributed by atoms with Crippen LogP contribution in [0.2, 0.25) is 0 Å². The van der Waals surface area contributed by atoms with Gasteiger partial charge in [-0.05, 0) is 57.0 Å². The van der Waals surface area contributed by atoms with Crippen molar-refractivity contribution >= 4 is 17.7 Å². The molecule has 1 aromatic carbocycles. The van der Waals surface area contributed by atoms with Gasteiger partial charge >= 0.3 is 5.97 Å². The molecule has 0 aliphatic carbocycles. The summed E-state index contributed by atoms with van der Waals surface area (Å²) in [4.78, 5) is 12.5. The van der Waals surface area contributed by atoms with Crippen molar-refractivity contribution in [3.05, 3.63) is 29.3 Å². The van der Waals surface area contributed by atoms with E-state index < -0.39 is 11.5 Å². The Balaban J connectivity index is 2.70. The summed E-state index contributed by atoms with van der Waals surface area (Å²) in [5, 5.41) is 12.5. The van der Waals surface area contributed by atoms with Gasteiger partial charge in [0.05, 0.1) is 0 Å². The highest BCUT2D eigenvalue weighted by molar-refractivity contribution is 7.99. The van der Waals surface area contributed by atoms with Gasteiger partial charge in [-0.1, -0.05) is 13.0 Å². The molecule has 0 fully saturated rings. The molecule has 0 spiro atoms. The number of thioether (sulfide) groups is 1. The van der Waals surface area contributed by atoms with Crippen molar-refractivity contribution < 1.29 is 9.90 Å². The van der Waals surface area contributed by atoms with Gasteiger partial charge in [0.25, 0.3) is 0 Å². The molecule has 1 unspecified atom stereocenters. The van der Waals surface area contributed by atoms with Crippen LogP contribution in [0.25, 0.3) is 0 Å². The number of aryl methyl sites for hydroxylation is 2. The molecule has 3 nitrogen and oxygen atoms in total. The van der Waals surface area contributed by atoms with Gasteiger partial charge in [-0.2, -0.15) is 0 Å². The van der Waals surface area contributed by atoms with Crippen LogP contribution < -0.4 is 5.32 Å². The van der Waals surface area contributed by atoms with E-state index in [0.717, 1.165) is 17.9 Å². The van der Waals surface area contributed by atoms with E-state index in [1.165, 1.54) is 11.1 Å². The lowest BCUT2D eigenvalue weighted by Crippen LogP contribution is -2.51. The highest BCUT2D eigenvalue weighted by Gasteiger charge is 2.32. The number of carboxylic acids is 1. The molecule has 2 N–H and O–H groups in total. The fraction of sp³-hybridized carbons (Fsp3) is 0.533. The van der Waals surface area contributed by atoms with Crippen molar-refractivity contribution in [1.82, 2.24) is 5.32 Å². The molecule has 0 saturated carbocycles. The molecular weight excluding hydrogens is 258 g/mol. The van der Waals surface area contributed by atoms with Crippen molar-refractivity contribution in [2.24, 2.45) is 0 Å². The second kappa shape index (κ2) is 6.96. The zero-order valence-electron chi connectivity index (χ0n) is 12.1. The van der Waals surface area contributed by atoms with E-state index in [1.807, 2.05) is 6.92 Å². The number of nitrogens with one attached hydrogen (secondary N) is 1. The maximum Gasteiger partial charge on any atom is 0.324 e. The Morgan fingerprint density at radius 1 is 1.37 bits per heavy atom. The van der Waals surface area contributed by atoms with Crippen LogP contribution in [0.4, 0.5) is 0 Å². The molecule has 0 aromatic heterocycles. The van der Waals surface area contributed by atoms with Gasteiger partial charge in [0.2, 0.25) is 0 Å². The van der Waals surface area contributed by atoms with Crippen LogP contribution >= 0.6 is 11.8 Å². The smallest absolute Gasteiger partial charge is 0.324 e. The fourth-order valence-electron chi connectivity index (χ4n) is 1.62. The Hall–Kier alpha value is -1.00. The quantitative estimate of drug-likeness (QED) is 0.753. The largest absolute Gasteiger partial charge is 0.480 e. The van der Waals surface area contributed by atoms with Gasteiger partial charge in [-0.3, -0.25) is 4.79 Å². The predicted molar refractivity (Wildman–Crippen MR) is 81.0 cm³/mol. The average Bonchev–Trinajstić information content (AvgIpc) is 2.37. The Labute approximate surface area is 119 Å². The van der Waals surface area contributed by atoms with Crippen LogP contribution in [0.3, 0.4) is 0 Å². The summed E-state index contributed by atoms with van der Waals surface area (Å²) in [7, 11) is 0. The molecule has 0 aliphatic heterocycles. The standard InChI is InChI=1S/C15H23NO2S/c1-5-8-16-15(4,14(17)18)10-19-13-7-6-11(2)12(3)9-13/h6-7,9,16H,5,8,10H2,1-4H3,(H,17,18). The lowest BCUT2D eigenvalue weighted by atomic mass is 10.1. The average molecular weight is 281 g/mol. The first kappa shape index (κ1) is 16.1. The molecule has 1 atom stereocenters. The SMILES string of the molecule is CCCNC(C)(CSc1ccc(C)c(C)c1)C(=O)O. The van der Waals surface area contributed by atoms with Gasteiger partial charge in [0.15, 0.2) is 0 Å². The molecule has 1 aromatic rings. The molecule has 0 saturated heterocycles. The number of aliphatic carboxylic acids is 1. The van der Waals surface area contributed by atoms with Crippen molar-refractivity contribution in [3.8, 4) is 0 Å². The van der Waals surface area contributed by atoms with E-state index in [1.54, 1.807) is 18.7 Å². The zero-order valence-corrected chi connectivity index (χ0v) is 12.9. The molecule has 0 bridgehead atoms. The molecule has 0 amide bonds. The Morgan fingerprint density at radius 3 is 2.58 bits per heavy atom. The van der Waals surface area contributed by atoms with Gasteiger partial charge in [0.1, 0.15) is 5.54 Å². The Morgan fingerprint density at radius 2 is 2.05 bits per heavy atom. The van der Waals surface area contributed by atoms with E-state index in [9.17, 15) is 9.90 Å². The summed E-state index contributed by atoms with van der Waals surface area (Å²) in [5.74, 6) is -0.275. The van der Waals surface area contributed by atoms with Crippen LogP contribution in [0.5, 0.6) is 0 Å². The van der Waals surface area contributed by atoms with Crippen molar-refractivity contribution in [2.45, 2.75) is 44.6 Å². The van der Waals surface area contributed by atoms with Gasteiger partial charge < -0.3 is 10.4 Å². The lowest BCUT2D eigenvalue weighted by molar-refractivity contribution is -0.143. The topological polar surface area (TPSA) is 49.3 Å². The minimum absolute atomic E-state index is 0.519. The van der Waals surface area contributed by atoms with Gasteiger partial charge in [0, 0.05) is 10.6 Å². The molecule has 1 rings (SSSR count).